The number of azo groups is 1. The Kier molecular flexibility index (Phi) is 0.969. The molecule has 1 atom stereocenters. The molecule has 0 aliphatic carbocycles. The first-order valence-corrected chi connectivity index (χ1v) is 2.73. The fourth-order valence-corrected chi connectivity index (χ4v) is 0.762. The van der Waals surface area contributed by atoms with E-state index in [2.05, 4.69) is 20.3 Å². The number of aromatic nitrogens is 3. The van der Waals surface area contributed by atoms with E-state index in [1.54, 1.807) is 0 Å². The van der Waals surface area contributed by atoms with Crippen LogP contribution in [0.4, 0.5) is 5.95 Å². The molecule has 2 heterocycles. The van der Waals surface area contributed by atoms with Gasteiger partial charge in [0.15, 0.2) is 0 Å². The van der Waals surface area contributed by atoms with Crippen LogP contribution in [0.15, 0.2) is 16.6 Å². The van der Waals surface area contributed by atoms with E-state index >= 15 is 0 Å². The normalized spacial score (nSPS) is 20.2. The average molecular weight is 154 g/mol. The van der Waals surface area contributed by atoms with E-state index in [1.807, 2.05) is 0 Å². The fraction of sp³-hybridized carbons (Fsp3) is 0.333. The molecule has 1 aliphatic heterocycles. The van der Waals surface area contributed by atoms with Crippen LogP contribution < -0.4 is 0 Å². The summed E-state index contributed by atoms with van der Waals surface area (Å²) in [7, 11) is 0. The summed E-state index contributed by atoms with van der Waals surface area (Å²) in [6.07, 6.45) is -0.0307. The first-order chi connectivity index (χ1) is 5.29. The van der Waals surface area contributed by atoms with Crippen molar-refractivity contribution in [3.05, 3.63) is 16.4 Å². The van der Waals surface area contributed by atoms with Crippen molar-refractivity contribution in [2.45, 2.75) is 6.29 Å². The Bertz CT molecular complexity index is 328. The molecule has 8 heteroatoms. The summed E-state index contributed by atoms with van der Waals surface area (Å²) < 4.78 is 1.04. The van der Waals surface area contributed by atoms with Crippen molar-refractivity contribution in [3.63, 3.8) is 0 Å². The van der Waals surface area contributed by atoms with E-state index in [-0.39, 0.29) is 5.95 Å². The molecule has 0 radical (unpaired) electrons. The lowest BCUT2D eigenvalue weighted by Gasteiger charge is -1.95. The summed E-state index contributed by atoms with van der Waals surface area (Å²) in [5.74, 6) is 0.173. The van der Waals surface area contributed by atoms with Crippen LogP contribution in [0.5, 0.6) is 0 Å². The van der Waals surface area contributed by atoms with Crippen LogP contribution in [0.3, 0.4) is 0 Å². The smallest absolute Gasteiger partial charge is 0.261 e. The monoisotopic (exact) mass is 154 g/mol. The molecule has 0 amide bonds. The van der Waals surface area contributed by atoms with Gasteiger partial charge in [0.25, 0.3) is 5.95 Å². The minimum atomic E-state index is -1.23. The molecule has 0 spiro atoms. The quantitative estimate of drug-likeness (QED) is 0.423. The highest BCUT2D eigenvalue weighted by Gasteiger charge is 2.30. The maximum Gasteiger partial charge on any atom is 0.423 e. The number of rotatable bonds is 1. The van der Waals surface area contributed by atoms with E-state index in [0.717, 1.165) is 4.68 Å². The van der Waals surface area contributed by atoms with Gasteiger partial charge in [0.05, 0.1) is 4.92 Å². The van der Waals surface area contributed by atoms with Crippen LogP contribution in [-0.2, 0) is 0 Å². The Balaban J connectivity index is 2.46. The lowest BCUT2D eigenvalue weighted by atomic mass is 10.9. The number of fused-ring (bicyclic) bond motifs is 1. The molecular weight excluding hydrogens is 152 g/mol. The van der Waals surface area contributed by atoms with E-state index in [9.17, 15) is 10.1 Å². The molecule has 56 valence electrons. The first-order valence-electron chi connectivity index (χ1n) is 2.73. The molecule has 0 saturated heterocycles. The van der Waals surface area contributed by atoms with E-state index in [4.69, 9.17) is 0 Å². The topological polar surface area (TPSA) is 98.6 Å². The van der Waals surface area contributed by atoms with Gasteiger partial charge in [-0.05, 0) is 0 Å². The Labute approximate surface area is 59.7 Å². The van der Waals surface area contributed by atoms with Crippen molar-refractivity contribution in [1.82, 2.24) is 14.8 Å². The second-order valence-corrected chi connectivity index (χ2v) is 1.85. The summed E-state index contributed by atoms with van der Waals surface area (Å²) in [4.78, 5) is 13.3. The zero-order valence-electron chi connectivity index (χ0n) is 5.15. The number of nitrogens with zero attached hydrogens (tertiary/aromatic N) is 6. The molecule has 1 aromatic rings. The first kappa shape index (κ1) is 5.89. The maximum absolute atomic E-state index is 10.2. The van der Waals surface area contributed by atoms with Crippen molar-refractivity contribution in [1.29, 1.82) is 0 Å². The van der Waals surface area contributed by atoms with Gasteiger partial charge in [0, 0.05) is 0 Å². The van der Waals surface area contributed by atoms with Crippen LogP contribution in [0, 0.1) is 10.1 Å². The molecule has 0 saturated carbocycles. The predicted molar refractivity (Wildman–Crippen MR) is 30.6 cm³/mol. The molecule has 11 heavy (non-hydrogen) atoms. The van der Waals surface area contributed by atoms with Gasteiger partial charge in [-0.3, -0.25) is 10.1 Å². The lowest BCUT2D eigenvalue weighted by Crippen LogP contribution is -2.13. The Morgan fingerprint density at radius 2 is 2.55 bits per heavy atom. The lowest BCUT2D eigenvalue weighted by molar-refractivity contribution is -0.547. The van der Waals surface area contributed by atoms with Gasteiger partial charge in [0.2, 0.25) is 0 Å². The van der Waals surface area contributed by atoms with Crippen LogP contribution >= 0.6 is 0 Å². The number of hydrogen-bond donors (Lipinski definition) is 0. The van der Waals surface area contributed by atoms with E-state index in [0.29, 0.717) is 0 Å². The van der Waals surface area contributed by atoms with E-state index < -0.39 is 11.2 Å². The highest BCUT2D eigenvalue weighted by Crippen LogP contribution is 2.23. The van der Waals surface area contributed by atoms with Crippen LogP contribution in [0.25, 0.3) is 0 Å². The second-order valence-electron chi connectivity index (χ2n) is 1.85. The van der Waals surface area contributed by atoms with Crippen LogP contribution in [0.2, 0.25) is 0 Å². The predicted octanol–water partition coefficient (Wildman–Crippen LogP) is 0.108. The summed E-state index contributed by atoms with van der Waals surface area (Å²) in [5, 5.41) is 20.6. The molecule has 0 bridgehead atoms. The Morgan fingerprint density at radius 3 is 3.27 bits per heavy atom. The van der Waals surface area contributed by atoms with Crippen molar-refractivity contribution >= 4 is 5.95 Å². The summed E-state index contributed by atoms with van der Waals surface area (Å²) in [5.41, 5.74) is 0. The van der Waals surface area contributed by atoms with Gasteiger partial charge in [0.1, 0.15) is 6.33 Å². The molecule has 8 nitrogen and oxygen atoms in total. The fourth-order valence-electron chi connectivity index (χ4n) is 0.762. The standard InChI is InChI=1S/C3H2N6O2/c10-9(11)3-7-6-2-4-1-5-8(2)3/h1,3H. The Hall–Kier alpha value is -1.86. The molecule has 0 N–H and O–H groups in total. The minimum Gasteiger partial charge on any atom is -0.261 e. The Morgan fingerprint density at radius 1 is 1.73 bits per heavy atom. The second kappa shape index (κ2) is 1.81. The molecule has 1 aliphatic rings. The maximum atomic E-state index is 10.2. The van der Waals surface area contributed by atoms with Crippen LogP contribution in [-0.4, -0.2) is 19.7 Å². The van der Waals surface area contributed by atoms with E-state index in [1.165, 1.54) is 6.33 Å². The molecule has 0 aromatic carbocycles. The van der Waals surface area contributed by atoms with Gasteiger partial charge in [-0.2, -0.15) is 10.1 Å². The highest BCUT2D eigenvalue weighted by molar-refractivity contribution is 5.13. The van der Waals surface area contributed by atoms with Crippen molar-refractivity contribution < 1.29 is 4.92 Å². The highest BCUT2D eigenvalue weighted by atomic mass is 16.6. The number of hydrogen-bond acceptors (Lipinski definition) is 6. The number of nitro groups is 1. The molecular formula is C3H2N6O2. The molecule has 1 aromatic heterocycles. The van der Waals surface area contributed by atoms with Gasteiger partial charge in [-0.15, -0.1) is 9.80 Å². The van der Waals surface area contributed by atoms with Crippen LogP contribution in [0.1, 0.15) is 6.29 Å². The summed E-state index contributed by atoms with van der Waals surface area (Å²) >= 11 is 0. The third-order valence-corrected chi connectivity index (χ3v) is 1.21. The third kappa shape index (κ3) is 0.687. The summed E-state index contributed by atoms with van der Waals surface area (Å²) in [6.45, 7) is 0. The average Bonchev–Trinajstić information content (AvgIpc) is 2.41. The van der Waals surface area contributed by atoms with Gasteiger partial charge in [-0.1, -0.05) is 5.11 Å². The third-order valence-electron chi connectivity index (χ3n) is 1.21. The van der Waals surface area contributed by atoms with Gasteiger partial charge in [-0.25, -0.2) is 0 Å². The molecule has 0 fully saturated rings. The zero-order chi connectivity index (χ0) is 7.84. The molecule has 1 unspecified atom stereocenters. The summed E-state index contributed by atoms with van der Waals surface area (Å²) in [6, 6.07) is 0. The zero-order valence-corrected chi connectivity index (χ0v) is 5.15. The SMILES string of the molecule is O=[N+]([O-])C1N=Nc2ncnn21. The van der Waals surface area contributed by atoms with Gasteiger partial charge >= 0.3 is 6.29 Å². The van der Waals surface area contributed by atoms with Gasteiger partial charge < -0.3 is 0 Å². The molecule has 2 rings (SSSR count). The van der Waals surface area contributed by atoms with Crippen molar-refractivity contribution in [2.75, 3.05) is 0 Å². The minimum absolute atomic E-state index is 0.173. The largest absolute Gasteiger partial charge is 0.423 e. The van der Waals surface area contributed by atoms with Crippen molar-refractivity contribution in [3.8, 4) is 0 Å². The van der Waals surface area contributed by atoms with Crippen molar-refractivity contribution in [2.24, 2.45) is 10.2 Å².